The minimum atomic E-state index is -0.0279. The molecule has 1 N–H and O–H groups in total. The Kier molecular flexibility index (Phi) is 5.64. The molecule has 2 fully saturated rings. The number of nitrogens with one attached hydrogen (secondary N) is 1. The molecule has 1 saturated heterocycles. The van der Waals surface area contributed by atoms with E-state index in [1.54, 1.807) is 0 Å². The van der Waals surface area contributed by atoms with Crippen LogP contribution in [0.25, 0.3) is 0 Å². The third-order valence-corrected chi connectivity index (χ3v) is 4.13. The summed E-state index contributed by atoms with van der Waals surface area (Å²) in [7, 11) is 0. The van der Waals surface area contributed by atoms with Crippen molar-refractivity contribution in [3.05, 3.63) is 0 Å². The van der Waals surface area contributed by atoms with E-state index in [9.17, 15) is 4.79 Å². The lowest BCUT2D eigenvalue weighted by Gasteiger charge is -2.32. The average molecular weight is 268 g/mol. The van der Waals surface area contributed by atoms with E-state index in [0.717, 1.165) is 25.9 Å². The van der Waals surface area contributed by atoms with Crippen molar-refractivity contribution in [2.45, 2.75) is 70.5 Å². The Bertz CT molecular complexity index is 286. The molecule has 1 saturated carbocycles. The summed E-state index contributed by atoms with van der Waals surface area (Å²) >= 11 is 0. The highest BCUT2D eigenvalue weighted by atomic mass is 16.5. The number of hydrogen-bond donors (Lipinski definition) is 1. The van der Waals surface area contributed by atoms with E-state index in [2.05, 4.69) is 17.1 Å². The summed E-state index contributed by atoms with van der Waals surface area (Å²) in [6.07, 6.45) is 6.94. The highest BCUT2D eigenvalue weighted by molar-refractivity contribution is 5.75. The van der Waals surface area contributed by atoms with E-state index in [0.29, 0.717) is 18.7 Å². The van der Waals surface area contributed by atoms with Gasteiger partial charge in [0.2, 0.25) is 0 Å². The Morgan fingerprint density at radius 1 is 1.37 bits per heavy atom. The van der Waals surface area contributed by atoms with Crippen molar-refractivity contribution in [3.63, 3.8) is 0 Å². The molecule has 2 unspecified atom stereocenters. The number of nitrogens with zero attached hydrogens (tertiary/aromatic N) is 1. The summed E-state index contributed by atoms with van der Waals surface area (Å²) in [5.41, 5.74) is 0. The molecule has 1 aliphatic carbocycles. The predicted octanol–water partition coefficient (Wildman–Crippen LogP) is 1.93. The van der Waals surface area contributed by atoms with Crippen LogP contribution in [0.15, 0.2) is 0 Å². The third kappa shape index (κ3) is 4.18. The van der Waals surface area contributed by atoms with Gasteiger partial charge in [-0.15, -0.1) is 0 Å². The summed E-state index contributed by atoms with van der Waals surface area (Å²) < 4.78 is 5.28. The highest BCUT2D eigenvalue weighted by Crippen LogP contribution is 2.31. The Labute approximate surface area is 116 Å². The van der Waals surface area contributed by atoms with E-state index in [1.165, 1.54) is 25.7 Å². The molecular formula is C15H28N2O2. The van der Waals surface area contributed by atoms with Crippen LogP contribution in [-0.4, -0.2) is 48.7 Å². The molecule has 0 radical (unpaired) electrons. The van der Waals surface area contributed by atoms with E-state index in [1.807, 2.05) is 6.92 Å². The zero-order valence-electron chi connectivity index (χ0n) is 12.4. The molecule has 0 aromatic heterocycles. The number of rotatable bonds is 8. The standard InChI is InChI=1S/C15H28N2O2/c1-3-6-14(15(18)19-4-2)17(13-8-9-13)11-12-7-5-10-16-12/h12-14,16H,3-11H2,1-2H3. The van der Waals surface area contributed by atoms with Crippen LogP contribution in [0.5, 0.6) is 0 Å². The lowest BCUT2D eigenvalue weighted by atomic mass is 10.1. The number of hydrogen-bond acceptors (Lipinski definition) is 4. The Morgan fingerprint density at radius 2 is 2.16 bits per heavy atom. The van der Waals surface area contributed by atoms with E-state index in [-0.39, 0.29) is 12.0 Å². The lowest BCUT2D eigenvalue weighted by Crippen LogP contribution is -2.48. The van der Waals surface area contributed by atoms with Crippen LogP contribution in [0.3, 0.4) is 0 Å². The topological polar surface area (TPSA) is 41.6 Å². The van der Waals surface area contributed by atoms with Crippen LogP contribution < -0.4 is 5.32 Å². The van der Waals surface area contributed by atoms with Gasteiger partial charge in [-0.3, -0.25) is 9.69 Å². The number of carbonyl (C=O) groups is 1. The molecule has 0 aromatic carbocycles. The summed E-state index contributed by atoms with van der Waals surface area (Å²) in [5, 5.41) is 3.54. The van der Waals surface area contributed by atoms with Crippen LogP contribution >= 0.6 is 0 Å². The molecule has 4 heteroatoms. The average Bonchev–Trinajstić information content (AvgIpc) is 3.11. The number of carbonyl (C=O) groups excluding carboxylic acids is 1. The summed E-state index contributed by atoms with van der Waals surface area (Å²) in [6.45, 7) is 6.65. The zero-order valence-corrected chi connectivity index (χ0v) is 12.4. The van der Waals surface area contributed by atoms with Crippen LogP contribution in [0.2, 0.25) is 0 Å². The van der Waals surface area contributed by atoms with Gasteiger partial charge in [-0.2, -0.15) is 0 Å². The Balaban J connectivity index is 1.98. The fourth-order valence-corrected chi connectivity index (χ4v) is 3.03. The smallest absolute Gasteiger partial charge is 0.323 e. The lowest BCUT2D eigenvalue weighted by molar-refractivity contribution is -0.150. The molecular weight excluding hydrogens is 240 g/mol. The van der Waals surface area contributed by atoms with Crippen LogP contribution in [0.1, 0.15) is 52.4 Å². The maximum absolute atomic E-state index is 12.2. The molecule has 1 heterocycles. The van der Waals surface area contributed by atoms with Crippen molar-refractivity contribution < 1.29 is 9.53 Å². The maximum Gasteiger partial charge on any atom is 0.323 e. The summed E-state index contributed by atoms with van der Waals surface area (Å²) in [6, 6.07) is 1.15. The molecule has 2 rings (SSSR count). The first-order valence-electron chi connectivity index (χ1n) is 7.92. The first-order valence-corrected chi connectivity index (χ1v) is 7.92. The second-order valence-electron chi connectivity index (χ2n) is 5.78. The third-order valence-electron chi connectivity index (χ3n) is 4.13. The van der Waals surface area contributed by atoms with E-state index in [4.69, 9.17) is 4.74 Å². The summed E-state index contributed by atoms with van der Waals surface area (Å²) in [5.74, 6) is -0.0192. The van der Waals surface area contributed by atoms with Crippen molar-refractivity contribution >= 4 is 5.97 Å². The largest absolute Gasteiger partial charge is 0.465 e. The first kappa shape index (κ1) is 14.8. The van der Waals surface area contributed by atoms with Gasteiger partial charge in [0, 0.05) is 18.6 Å². The van der Waals surface area contributed by atoms with Crippen molar-refractivity contribution in [1.82, 2.24) is 10.2 Å². The fourth-order valence-electron chi connectivity index (χ4n) is 3.03. The van der Waals surface area contributed by atoms with Gasteiger partial charge in [0.1, 0.15) is 6.04 Å². The molecule has 0 amide bonds. The normalized spacial score (nSPS) is 24.7. The fraction of sp³-hybridized carbons (Fsp3) is 0.933. The van der Waals surface area contributed by atoms with Gasteiger partial charge in [-0.25, -0.2) is 0 Å². The van der Waals surface area contributed by atoms with Gasteiger partial charge in [0.25, 0.3) is 0 Å². The second kappa shape index (κ2) is 7.25. The number of ether oxygens (including phenoxy) is 1. The molecule has 19 heavy (non-hydrogen) atoms. The van der Waals surface area contributed by atoms with Gasteiger partial charge >= 0.3 is 5.97 Å². The summed E-state index contributed by atoms with van der Waals surface area (Å²) in [4.78, 5) is 14.6. The Morgan fingerprint density at radius 3 is 2.68 bits per heavy atom. The van der Waals surface area contributed by atoms with Crippen molar-refractivity contribution in [3.8, 4) is 0 Å². The molecule has 0 bridgehead atoms. The SMILES string of the molecule is CCCC(C(=O)OCC)N(CC1CCCN1)C1CC1. The van der Waals surface area contributed by atoms with Crippen molar-refractivity contribution in [2.75, 3.05) is 19.7 Å². The van der Waals surface area contributed by atoms with E-state index >= 15 is 0 Å². The van der Waals surface area contributed by atoms with Crippen LogP contribution in [0, 0.1) is 0 Å². The monoisotopic (exact) mass is 268 g/mol. The highest BCUT2D eigenvalue weighted by Gasteiger charge is 2.38. The maximum atomic E-state index is 12.2. The van der Waals surface area contributed by atoms with Gasteiger partial charge in [-0.1, -0.05) is 13.3 Å². The molecule has 2 atom stereocenters. The second-order valence-corrected chi connectivity index (χ2v) is 5.78. The number of esters is 1. The Hall–Kier alpha value is -0.610. The molecule has 0 spiro atoms. The van der Waals surface area contributed by atoms with Crippen molar-refractivity contribution in [2.24, 2.45) is 0 Å². The molecule has 0 aromatic rings. The van der Waals surface area contributed by atoms with Crippen LogP contribution in [0.4, 0.5) is 0 Å². The minimum Gasteiger partial charge on any atom is -0.465 e. The molecule has 2 aliphatic rings. The molecule has 1 aliphatic heterocycles. The zero-order chi connectivity index (χ0) is 13.7. The predicted molar refractivity (Wildman–Crippen MR) is 76.1 cm³/mol. The molecule has 4 nitrogen and oxygen atoms in total. The molecule has 110 valence electrons. The van der Waals surface area contributed by atoms with Gasteiger partial charge in [0.05, 0.1) is 6.61 Å². The van der Waals surface area contributed by atoms with Gasteiger partial charge < -0.3 is 10.1 Å². The first-order chi connectivity index (χ1) is 9.26. The quantitative estimate of drug-likeness (QED) is 0.683. The minimum absolute atomic E-state index is 0.0192. The van der Waals surface area contributed by atoms with Crippen LogP contribution in [-0.2, 0) is 9.53 Å². The van der Waals surface area contributed by atoms with Gasteiger partial charge in [0.15, 0.2) is 0 Å². The van der Waals surface area contributed by atoms with Gasteiger partial charge in [-0.05, 0) is 45.6 Å². The van der Waals surface area contributed by atoms with Crippen molar-refractivity contribution in [1.29, 1.82) is 0 Å². The van der Waals surface area contributed by atoms with E-state index < -0.39 is 0 Å².